The lowest BCUT2D eigenvalue weighted by Gasteiger charge is -2.37. The van der Waals surface area contributed by atoms with E-state index in [-0.39, 0.29) is 0 Å². The number of hydrogen-bond donors (Lipinski definition) is 0. The maximum atomic E-state index is 2.50. The third-order valence-electron chi connectivity index (χ3n) is 5.23. The van der Waals surface area contributed by atoms with Crippen LogP contribution in [0.2, 0.25) is 0 Å². The van der Waals surface area contributed by atoms with E-state index in [1.165, 1.54) is 19.3 Å². The van der Waals surface area contributed by atoms with Gasteiger partial charge < -0.3 is 0 Å². The molecule has 2 bridgehead atoms. The predicted octanol–water partition coefficient (Wildman–Crippen LogP) is 3.47. The topological polar surface area (TPSA) is 0 Å². The molecule has 0 saturated heterocycles. The summed E-state index contributed by atoms with van der Waals surface area (Å²) in [6, 6.07) is 0. The Bertz CT molecular complexity index is 180. The minimum Gasteiger partial charge on any atom is -0.0620 e. The van der Waals surface area contributed by atoms with Crippen molar-refractivity contribution in [3.8, 4) is 0 Å². The molecule has 0 unspecified atom stereocenters. The Labute approximate surface area is 70.4 Å². The fourth-order valence-electron chi connectivity index (χ4n) is 3.60. The largest absolute Gasteiger partial charge is 0.0620 e. The molecule has 0 aromatic heterocycles. The number of rotatable bonds is 0. The minimum absolute atomic E-state index is 0.631. The highest BCUT2D eigenvalue weighted by atomic mass is 14.6. The van der Waals surface area contributed by atoms with E-state index < -0.39 is 0 Å². The third kappa shape index (κ3) is 0.666. The van der Waals surface area contributed by atoms with Gasteiger partial charge in [0.1, 0.15) is 0 Å². The molecule has 0 spiro atoms. The van der Waals surface area contributed by atoms with Crippen molar-refractivity contribution in [1.82, 2.24) is 0 Å². The van der Waals surface area contributed by atoms with E-state index in [9.17, 15) is 0 Å². The first-order valence-electron chi connectivity index (χ1n) is 4.98. The van der Waals surface area contributed by atoms with Gasteiger partial charge in [-0.2, -0.15) is 0 Å². The molecular weight excluding hydrogens is 132 g/mol. The van der Waals surface area contributed by atoms with Gasteiger partial charge >= 0.3 is 0 Å². The average Bonchev–Trinajstić information content (AvgIpc) is 2.20. The van der Waals surface area contributed by atoms with Crippen LogP contribution in [-0.2, 0) is 0 Å². The molecule has 11 heavy (non-hydrogen) atoms. The summed E-state index contributed by atoms with van der Waals surface area (Å²) in [5.41, 5.74) is 1.30. The third-order valence-corrected chi connectivity index (χ3v) is 5.23. The Morgan fingerprint density at radius 2 is 1.82 bits per heavy atom. The first kappa shape index (κ1) is 7.64. The van der Waals surface area contributed by atoms with Gasteiger partial charge in [-0.05, 0) is 41.9 Å². The maximum Gasteiger partial charge on any atom is -0.0246 e. The molecule has 0 nitrogen and oxygen atoms in total. The summed E-state index contributed by atoms with van der Waals surface area (Å²) in [7, 11) is 0. The fourth-order valence-corrected chi connectivity index (χ4v) is 3.60. The Balaban J connectivity index is 2.40. The summed E-state index contributed by atoms with van der Waals surface area (Å²) in [4.78, 5) is 0. The van der Waals surface area contributed by atoms with Crippen LogP contribution in [0.25, 0.3) is 0 Å². The molecule has 0 aliphatic heterocycles. The van der Waals surface area contributed by atoms with Crippen LogP contribution in [0, 0.1) is 22.7 Å². The Morgan fingerprint density at radius 1 is 1.18 bits per heavy atom. The van der Waals surface area contributed by atoms with Gasteiger partial charge in [0.15, 0.2) is 0 Å². The van der Waals surface area contributed by atoms with Crippen molar-refractivity contribution in [3.63, 3.8) is 0 Å². The van der Waals surface area contributed by atoms with Crippen molar-refractivity contribution >= 4 is 0 Å². The molecule has 2 aliphatic rings. The normalized spacial score (nSPS) is 53.5. The molecule has 0 heterocycles. The first-order valence-corrected chi connectivity index (χ1v) is 4.98. The Hall–Kier alpha value is 0. The van der Waals surface area contributed by atoms with Crippen LogP contribution in [-0.4, -0.2) is 0 Å². The summed E-state index contributed by atoms with van der Waals surface area (Å²) in [6.07, 6.45) is 4.46. The van der Waals surface area contributed by atoms with Crippen LogP contribution < -0.4 is 0 Å². The smallest absolute Gasteiger partial charge is 0.0246 e. The molecular formula is C11H20. The molecule has 2 rings (SSSR count). The van der Waals surface area contributed by atoms with E-state index in [0.717, 1.165) is 11.8 Å². The van der Waals surface area contributed by atoms with Gasteiger partial charge in [0.05, 0.1) is 0 Å². The van der Waals surface area contributed by atoms with E-state index >= 15 is 0 Å². The predicted molar refractivity (Wildman–Crippen MR) is 48.4 cm³/mol. The van der Waals surface area contributed by atoms with Crippen molar-refractivity contribution in [2.75, 3.05) is 0 Å². The molecule has 0 radical (unpaired) electrons. The van der Waals surface area contributed by atoms with Crippen LogP contribution in [0.1, 0.15) is 47.0 Å². The second-order valence-corrected chi connectivity index (χ2v) is 5.51. The molecule has 2 saturated carbocycles. The summed E-state index contributed by atoms with van der Waals surface area (Å²) in [5, 5.41) is 0. The molecule has 0 aromatic rings. The summed E-state index contributed by atoms with van der Waals surface area (Å²) in [5.74, 6) is 2.00. The fraction of sp³-hybridized carbons (Fsp3) is 1.00. The molecule has 0 amide bonds. The van der Waals surface area contributed by atoms with Gasteiger partial charge in [0, 0.05) is 0 Å². The lowest BCUT2D eigenvalue weighted by molar-refractivity contribution is 0.112. The van der Waals surface area contributed by atoms with Gasteiger partial charge in [-0.1, -0.05) is 27.7 Å². The average molecular weight is 152 g/mol. The van der Waals surface area contributed by atoms with Crippen LogP contribution >= 0.6 is 0 Å². The molecule has 64 valence electrons. The van der Waals surface area contributed by atoms with Crippen LogP contribution in [0.15, 0.2) is 0 Å². The van der Waals surface area contributed by atoms with Crippen LogP contribution in [0.5, 0.6) is 0 Å². The first-order chi connectivity index (χ1) is 4.98. The molecule has 2 aliphatic carbocycles. The lowest BCUT2D eigenvalue weighted by Crippen LogP contribution is -2.30. The van der Waals surface area contributed by atoms with E-state index in [0.29, 0.717) is 10.8 Å². The number of hydrogen-bond acceptors (Lipinski definition) is 0. The zero-order valence-electron chi connectivity index (χ0n) is 8.28. The zero-order chi connectivity index (χ0) is 8.28. The highest BCUT2D eigenvalue weighted by molar-refractivity contribution is 5.08. The summed E-state index contributed by atoms with van der Waals surface area (Å²) < 4.78 is 0. The Morgan fingerprint density at radius 3 is 2.00 bits per heavy atom. The second-order valence-electron chi connectivity index (χ2n) is 5.51. The van der Waals surface area contributed by atoms with E-state index in [4.69, 9.17) is 0 Å². The summed E-state index contributed by atoms with van der Waals surface area (Å²) in [6.45, 7) is 9.91. The molecule has 3 atom stereocenters. The minimum atomic E-state index is 0.631. The maximum absolute atomic E-state index is 2.50. The zero-order valence-corrected chi connectivity index (χ0v) is 8.28. The lowest BCUT2D eigenvalue weighted by atomic mass is 9.67. The molecule has 0 heteroatoms. The van der Waals surface area contributed by atoms with Gasteiger partial charge in [-0.3, -0.25) is 0 Å². The SMILES string of the molecule is C[C@H]1C[C@H]2CC[C@]1(C)C2(C)C. The van der Waals surface area contributed by atoms with Crippen LogP contribution in [0.3, 0.4) is 0 Å². The van der Waals surface area contributed by atoms with Gasteiger partial charge in [0.25, 0.3) is 0 Å². The highest BCUT2D eigenvalue weighted by Gasteiger charge is 2.59. The Kier molecular flexibility index (Phi) is 1.28. The molecule has 0 N–H and O–H groups in total. The van der Waals surface area contributed by atoms with Gasteiger partial charge in [-0.25, -0.2) is 0 Å². The standard InChI is InChI=1S/C11H20/c1-8-7-9-5-6-11(8,4)10(9,2)3/h8-9H,5-7H2,1-4H3/t8-,9+,11-/m0/s1. The second kappa shape index (κ2) is 1.84. The number of fused-ring (bicyclic) bond motifs is 2. The van der Waals surface area contributed by atoms with Gasteiger partial charge in [-0.15, -0.1) is 0 Å². The van der Waals surface area contributed by atoms with E-state index in [2.05, 4.69) is 27.7 Å². The quantitative estimate of drug-likeness (QED) is 0.498. The van der Waals surface area contributed by atoms with Crippen molar-refractivity contribution in [3.05, 3.63) is 0 Å². The van der Waals surface area contributed by atoms with Crippen molar-refractivity contribution in [1.29, 1.82) is 0 Å². The summed E-state index contributed by atoms with van der Waals surface area (Å²) >= 11 is 0. The van der Waals surface area contributed by atoms with E-state index in [1.807, 2.05) is 0 Å². The molecule has 0 aromatic carbocycles. The van der Waals surface area contributed by atoms with E-state index in [1.54, 1.807) is 0 Å². The van der Waals surface area contributed by atoms with Gasteiger partial charge in [0.2, 0.25) is 0 Å². The highest BCUT2D eigenvalue weighted by Crippen LogP contribution is 2.67. The molecule has 2 fully saturated rings. The monoisotopic (exact) mass is 152 g/mol. The van der Waals surface area contributed by atoms with Crippen molar-refractivity contribution < 1.29 is 0 Å². The van der Waals surface area contributed by atoms with Crippen molar-refractivity contribution in [2.45, 2.75) is 47.0 Å². The van der Waals surface area contributed by atoms with Crippen LogP contribution in [0.4, 0.5) is 0 Å². The van der Waals surface area contributed by atoms with Crippen molar-refractivity contribution in [2.24, 2.45) is 22.7 Å².